The van der Waals surface area contributed by atoms with Gasteiger partial charge in [0.15, 0.2) is 0 Å². The molecule has 2 amide bonds. The lowest BCUT2D eigenvalue weighted by molar-refractivity contribution is -0.134. The van der Waals surface area contributed by atoms with Crippen molar-refractivity contribution in [3.05, 3.63) is 30.1 Å². The standard InChI is InChI=1S/C9H16N2O.C8H8FNO.2C2H6/c1-10-4-6-11(7-5-10)9(12)8-2-3-8;1-6(11)10-8-4-2-7(9)3-5-8;2*1-2/h8H,2-7H2,1H3;2-5H,1H3,(H,10,11);2*1-2H3. The van der Waals surface area contributed by atoms with Crippen molar-refractivity contribution in [2.45, 2.75) is 47.5 Å². The topological polar surface area (TPSA) is 52.7 Å². The van der Waals surface area contributed by atoms with Crippen LogP contribution in [0.5, 0.6) is 0 Å². The van der Waals surface area contributed by atoms with Crippen molar-refractivity contribution in [2.24, 2.45) is 5.92 Å². The molecule has 2 aliphatic rings. The summed E-state index contributed by atoms with van der Waals surface area (Å²) in [5.41, 5.74) is 0.610. The molecule has 3 rings (SSSR count). The molecule has 0 unspecified atom stereocenters. The number of amides is 2. The van der Waals surface area contributed by atoms with Crippen LogP contribution < -0.4 is 5.32 Å². The Morgan fingerprint density at radius 1 is 0.963 bits per heavy atom. The second kappa shape index (κ2) is 14.2. The maximum atomic E-state index is 12.3. The number of benzene rings is 1. The molecule has 1 N–H and O–H groups in total. The van der Waals surface area contributed by atoms with Gasteiger partial charge in [0, 0.05) is 44.7 Å². The summed E-state index contributed by atoms with van der Waals surface area (Å²) in [6, 6.07) is 5.62. The largest absolute Gasteiger partial charge is 0.340 e. The summed E-state index contributed by atoms with van der Waals surface area (Å²) in [5.74, 6) is 0.340. The summed E-state index contributed by atoms with van der Waals surface area (Å²) in [7, 11) is 2.11. The van der Waals surface area contributed by atoms with Crippen LogP contribution in [0.4, 0.5) is 10.1 Å². The van der Waals surface area contributed by atoms with Crippen LogP contribution in [0.3, 0.4) is 0 Å². The fraction of sp³-hybridized carbons (Fsp3) is 0.619. The summed E-state index contributed by atoms with van der Waals surface area (Å²) in [6.07, 6.45) is 2.26. The van der Waals surface area contributed by atoms with E-state index in [0.717, 1.165) is 39.0 Å². The molecule has 27 heavy (non-hydrogen) atoms. The molecule has 0 atom stereocenters. The summed E-state index contributed by atoms with van der Waals surface area (Å²) in [4.78, 5) is 26.4. The lowest BCUT2D eigenvalue weighted by atomic mass is 10.3. The maximum absolute atomic E-state index is 12.3. The maximum Gasteiger partial charge on any atom is 0.225 e. The van der Waals surface area contributed by atoms with E-state index in [1.807, 2.05) is 32.6 Å². The Morgan fingerprint density at radius 3 is 1.85 bits per heavy atom. The number of carbonyl (C=O) groups is 2. The molecular weight excluding hydrogens is 345 g/mol. The highest BCUT2D eigenvalue weighted by Gasteiger charge is 2.34. The molecule has 1 saturated heterocycles. The zero-order chi connectivity index (χ0) is 20.8. The third kappa shape index (κ3) is 10.7. The summed E-state index contributed by atoms with van der Waals surface area (Å²) in [5, 5.41) is 2.53. The first-order chi connectivity index (χ1) is 13.0. The van der Waals surface area contributed by atoms with Gasteiger partial charge in [0.2, 0.25) is 11.8 Å². The van der Waals surface area contributed by atoms with Crippen LogP contribution in [-0.4, -0.2) is 54.8 Å². The number of anilines is 1. The molecule has 1 aromatic carbocycles. The van der Waals surface area contributed by atoms with E-state index in [4.69, 9.17) is 0 Å². The second-order valence-electron chi connectivity index (χ2n) is 6.09. The number of hydrogen-bond donors (Lipinski definition) is 1. The number of rotatable bonds is 2. The van der Waals surface area contributed by atoms with Crippen molar-refractivity contribution in [3.63, 3.8) is 0 Å². The van der Waals surface area contributed by atoms with Gasteiger partial charge in [-0.1, -0.05) is 27.7 Å². The zero-order valence-electron chi connectivity index (χ0n) is 17.7. The van der Waals surface area contributed by atoms with Gasteiger partial charge in [0.05, 0.1) is 0 Å². The molecule has 1 aliphatic heterocycles. The quantitative estimate of drug-likeness (QED) is 0.842. The van der Waals surface area contributed by atoms with Crippen molar-refractivity contribution in [1.82, 2.24) is 9.80 Å². The Labute approximate surface area is 163 Å². The average Bonchev–Trinajstić information content (AvgIpc) is 3.52. The van der Waals surface area contributed by atoms with E-state index < -0.39 is 0 Å². The lowest BCUT2D eigenvalue weighted by Gasteiger charge is -2.32. The normalized spacial score (nSPS) is 15.7. The summed E-state index contributed by atoms with van der Waals surface area (Å²) in [6.45, 7) is 13.4. The highest BCUT2D eigenvalue weighted by molar-refractivity contribution is 5.88. The molecule has 0 radical (unpaired) electrons. The molecule has 5 nitrogen and oxygen atoms in total. The molecule has 2 fully saturated rings. The minimum atomic E-state index is -0.306. The highest BCUT2D eigenvalue weighted by atomic mass is 19.1. The number of carbonyl (C=O) groups excluding carboxylic acids is 2. The molecule has 0 bridgehead atoms. The fourth-order valence-electron chi connectivity index (χ4n) is 2.35. The van der Waals surface area contributed by atoms with E-state index in [1.165, 1.54) is 31.2 Å². The number of piperazine rings is 1. The average molecular weight is 382 g/mol. The second-order valence-corrected chi connectivity index (χ2v) is 6.09. The highest BCUT2D eigenvalue weighted by Crippen LogP contribution is 2.31. The minimum absolute atomic E-state index is 0.156. The third-order valence-corrected chi connectivity index (χ3v) is 3.91. The number of nitrogens with zero attached hydrogens (tertiary/aromatic N) is 2. The summed E-state index contributed by atoms with van der Waals surface area (Å²) >= 11 is 0. The van der Waals surface area contributed by atoms with Crippen LogP contribution in [0.15, 0.2) is 24.3 Å². The molecule has 6 heteroatoms. The van der Waals surface area contributed by atoms with Crippen molar-refractivity contribution in [3.8, 4) is 0 Å². The monoisotopic (exact) mass is 381 g/mol. The van der Waals surface area contributed by atoms with Gasteiger partial charge in [0.1, 0.15) is 5.82 Å². The molecule has 154 valence electrons. The van der Waals surface area contributed by atoms with E-state index >= 15 is 0 Å². The van der Waals surface area contributed by atoms with Crippen LogP contribution >= 0.6 is 0 Å². The van der Waals surface area contributed by atoms with Gasteiger partial charge in [-0.05, 0) is 44.2 Å². The Morgan fingerprint density at radius 2 is 1.44 bits per heavy atom. The van der Waals surface area contributed by atoms with Crippen LogP contribution in [0.25, 0.3) is 0 Å². The van der Waals surface area contributed by atoms with Crippen LogP contribution in [-0.2, 0) is 9.59 Å². The molecule has 1 saturated carbocycles. The Bertz CT molecular complexity index is 537. The molecule has 0 aromatic heterocycles. The molecule has 1 aromatic rings. The predicted octanol–water partition coefficient (Wildman–Crippen LogP) is 4.01. The first-order valence-corrected chi connectivity index (χ1v) is 9.96. The molecule has 0 spiro atoms. The Balaban J connectivity index is 0.000000425. The molecular formula is C21H36FN3O2. The lowest BCUT2D eigenvalue weighted by Crippen LogP contribution is -2.47. The Kier molecular flexibility index (Phi) is 13.1. The van der Waals surface area contributed by atoms with E-state index in [1.54, 1.807) is 0 Å². The van der Waals surface area contributed by atoms with E-state index in [-0.39, 0.29) is 11.7 Å². The van der Waals surface area contributed by atoms with Gasteiger partial charge >= 0.3 is 0 Å². The first kappa shape index (κ1) is 25.1. The van der Waals surface area contributed by atoms with Crippen molar-refractivity contribution in [2.75, 3.05) is 38.5 Å². The van der Waals surface area contributed by atoms with Gasteiger partial charge in [-0.25, -0.2) is 4.39 Å². The van der Waals surface area contributed by atoms with Crippen LogP contribution in [0.1, 0.15) is 47.5 Å². The Hall–Kier alpha value is -1.95. The SMILES string of the molecule is CC.CC.CC(=O)Nc1ccc(F)cc1.CN1CCN(C(=O)C2CC2)CC1. The van der Waals surface area contributed by atoms with Crippen molar-refractivity contribution in [1.29, 1.82) is 0 Å². The third-order valence-electron chi connectivity index (χ3n) is 3.91. The van der Waals surface area contributed by atoms with Crippen molar-refractivity contribution < 1.29 is 14.0 Å². The number of likely N-dealkylation sites (N-methyl/N-ethyl adjacent to an activating group) is 1. The van der Waals surface area contributed by atoms with E-state index in [0.29, 0.717) is 17.5 Å². The smallest absolute Gasteiger partial charge is 0.225 e. The zero-order valence-corrected chi connectivity index (χ0v) is 17.7. The van der Waals surface area contributed by atoms with Gasteiger partial charge < -0.3 is 15.1 Å². The predicted molar refractivity (Wildman–Crippen MR) is 110 cm³/mol. The number of hydrogen-bond acceptors (Lipinski definition) is 3. The van der Waals surface area contributed by atoms with E-state index in [9.17, 15) is 14.0 Å². The van der Waals surface area contributed by atoms with E-state index in [2.05, 4.69) is 17.3 Å². The van der Waals surface area contributed by atoms with Gasteiger partial charge in [-0.2, -0.15) is 0 Å². The molecule has 1 aliphatic carbocycles. The first-order valence-electron chi connectivity index (χ1n) is 9.96. The van der Waals surface area contributed by atoms with Gasteiger partial charge in [-0.3, -0.25) is 9.59 Å². The van der Waals surface area contributed by atoms with Crippen LogP contribution in [0.2, 0.25) is 0 Å². The van der Waals surface area contributed by atoms with Crippen LogP contribution in [0, 0.1) is 11.7 Å². The summed E-state index contributed by atoms with van der Waals surface area (Å²) < 4.78 is 12.3. The molecule has 1 heterocycles. The van der Waals surface area contributed by atoms with Gasteiger partial charge in [0.25, 0.3) is 0 Å². The van der Waals surface area contributed by atoms with Gasteiger partial charge in [-0.15, -0.1) is 0 Å². The van der Waals surface area contributed by atoms with Crippen molar-refractivity contribution >= 4 is 17.5 Å². The fourth-order valence-corrected chi connectivity index (χ4v) is 2.35. The minimum Gasteiger partial charge on any atom is -0.340 e. The number of nitrogens with one attached hydrogen (secondary N) is 1. The number of halogens is 1.